The first-order valence-electron chi connectivity index (χ1n) is 7.24. The van der Waals surface area contributed by atoms with Crippen LogP contribution in [0.3, 0.4) is 0 Å². The average Bonchev–Trinajstić information content (AvgIpc) is 2.89. The highest BCUT2D eigenvalue weighted by atomic mass is 79.9. The molecular weight excluding hydrogens is 302 g/mol. The molecule has 0 radical (unpaired) electrons. The van der Waals surface area contributed by atoms with Crippen LogP contribution >= 0.6 is 15.9 Å². The molecule has 1 aliphatic carbocycles. The molecule has 1 amide bonds. The Hall–Kier alpha value is -0.830. The van der Waals surface area contributed by atoms with Crippen molar-refractivity contribution in [3.05, 3.63) is 33.8 Å². The predicted molar refractivity (Wildman–Crippen MR) is 80.3 cm³/mol. The fourth-order valence-corrected chi connectivity index (χ4v) is 4.07. The normalized spacial score (nSPS) is 26.3. The molecule has 3 heteroatoms. The number of benzene rings is 1. The van der Waals surface area contributed by atoms with E-state index in [0.717, 1.165) is 28.1 Å². The van der Waals surface area contributed by atoms with Crippen LogP contribution in [-0.4, -0.2) is 23.4 Å². The first-order chi connectivity index (χ1) is 9.18. The van der Waals surface area contributed by atoms with Gasteiger partial charge in [-0.25, -0.2) is 0 Å². The third-order valence-electron chi connectivity index (χ3n) is 4.75. The second kappa shape index (κ2) is 5.28. The van der Waals surface area contributed by atoms with Gasteiger partial charge in [-0.15, -0.1) is 0 Å². The topological polar surface area (TPSA) is 20.3 Å². The van der Waals surface area contributed by atoms with Gasteiger partial charge in [-0.3, -0.25) is 4.79 Å². The van der Waals surface area contributed by atoms with Crippen molar-refractivity contribution in [2.24, 2.45) is 5.92 Å². The van der Waals surface area contributed by atoms with Crippen molar-refractivity contribution in [2.75, 3.05) is 6.54 Å². The summed E-state index contributed by atoms with van der Waals surface area (Å²) < 4.78 is 1.03. The summed E-state index contributed by atoms with van der Waals surface area (Å²) in [6.45, 7) is 2.96. The van der Waals surface area contributed by atoms with Crippen molar-refractivity contribution in [1.29, 1.82) is 0 Å². The third kappa shape index (κ3) is 2.33. The summed E-state index contributed by atoms with van der Waals surface area (Å²) in [5, 5.41) is 0. The summed E-state index contributed by atoms with van der Waals surface area (Å²) in [6.07, 6.45) is 6.28. The van der Waals surface area contributed by atoms with Gasteiger partial charge in [0.15, 0.2) is 0 Å². The molecule has 2 fully saturated rings. The lowest BCUT2D eigenvalue weighted by molar-refractivity contribution is 0.0547. The predicted octanol–water partition coefficient (Wildman–Crippen LogP) is 4.16. The number of rotatable bonds is 1. The molecule has 1 saturated carbocycles. The van der Waals surface area contributed by atoms with Crippen molar-refractivity contribution < 1.29 is 4.79 Å². The van der Waals surface area contributed by atoms with Crippen molar-refractivity contribution >= 4 is 21.8 Å². The number of likely N-dealkylation sites (tertiary alicyclic amines) is 1. The summed E-state index contributed by atoms with van der Waals surface area (Å²) in [6, 6.07) is 6.42. The number of hydrogen-bond acceptors (Lipinski definition) is 1. The van der Waals surface area contributed by atoms with Gasteiger partial charge >= 0.3 is 0 Å². The van der Waals surface area contributed by atoms with Crippen molar-refractivity contribution in [3.63, 3.8) is 0 Å². The standard InChI is InChI=1S/C16H20BrNO/c1-11-13(7-3-8-14(11)17)16(19)18-10-4-6-12-5-2-9-15(12)18/h3,7-8,12,15H,2,4-6,9-10H2,1H3. The van der Waals surface area contributed by atoms with Gasteiger partial charge in [0.25, 0.3) is 5.91 Å². The highest BCUT2D eigenvalue weighted by Crippen LogP contribution is 2.37. The molecule has 2 atom stereocenters. The van der Waals surface area contributed by atoms with E-state index in [-0.39, 0.29) is 5.91 Å². The zero-order valence-electron chi connectivity index (χ0n) is 11.4. The SMILES string of the molecule is Cc1c(Br)cccc1C(=O)N1CCCC2CCCC21. The van der Waals surface area contributed by atoms with E-state index in [1.54, 1.807) is 0 Å². The Labute approximate surface area is 123 Å². The number of amides is 1. The lowest BCUT2D eigenvalue weighted by atomic mass is 9.91. The van der Waals surface area contributed by atoms with Gasteiger partial charge in [0, 0.05) is 22.6 Å². The van der Waals surface area contributed by atoms with E-state index in [1.807, 2.05) is 25.1 Å². The molecule has 1 heterocycles. The Kier molecular flexibility index (Phi) is 3.66. The average molecular weight is 322 g/mol. The molecule has 102 valence electrons. The first-order valence-corrected chi connectivity index (χ1v) is 8.04. The van der Waals surface area contributed by atoms with Gasteiger partial charge in [0.05, 0.1) is 0 Å². The fraction of sp³-hybridized carbons (Fsp3) is 0.562. The third-order valence-corrected chi connectivity index (χ3v) is 5.61. The molecule has 0 aromatic heterocycles. The molecule has 1 aliphatic heterocycles. The Morgan fingerprint density at radius 3 is 2.89 bits per heavy atom. The van der Waals surface area contributed by atoms with Gasteiger partial charge in [0.2, 0.25) is 0 Å². The minimum Gasteiger partial charge on any atom is -0.335 e. The maximum absolute atomic E-state index is 12.8. The van der Waals surface area contributed by atoms with Gasteiger partial charge < -0.3 is 4.90 Å². The van der Waals surface area contributed by atoms with E-state index >= 15 is 0 Å². The number of carbonyl (C=O) groups excluding carboxylic acids is 1. The van der Waals surface area contributed by atoms with Gasteiger partial charge in [-0.2, -0.15) is 0 Å². The van der Waals surface area contributed by atoms with Gasteiger partial charge in [-0.05, 0) is 56.2 Å². The molecular formula is C16H20BrNO. The minimum atomic E-state index is 0.232. The molecule has 1 saturated heterocycles. The summed E-state index contributed by atoms with van der Waals surface area (Å²) in [5.41, 5.74) is 1.93. The Balaban J connectivity index is 1.88. The van der Waals surface area contributed by atoms with Crippen LogP contribution in [0.5, 0.6) is 0 Å². The quantitative estimate of drug-likeness (QED) is 0.760. The molecule has 3 rings (SSSR count). The number of halogens is 1. The summed E-state index contributed by atoms with van der Waals surface area (Å²) in [4.78, 5) is 15.0. The smallest absolute Gasteiger partial charge is 0.254 e. The minimum absolute atomic E-state index is 0.232. The number of hydrogen-bond donors (Lipinski definition) is 0. The van der Waals surface area contributed by atoms with E-state index in [1.165, 1.54) is 32.1 Å². The van der Waals surface area contributed by atoms with Crippen LogP contribution in [0, 0.1) is 12.8 Å². The molecule has 2 nitrogen and oxygen atoms in total. The summed E-state index contributed by atoms with van der Waals surface area (Å²) in [7, 11) is 0. The largest absolute Gasteiger partial charge is 0.335 e. The van der Waals surface area contributed by atoms with E-state index in [9.17, 15) is 4.79 Å². The van der Waals surface area contributed by atoms with E-state index in [4.69, 9.17) is 0 Å². The lowest BCUT2D eigenvalue weighted by Crippen LogP contribution is -2.46. The molecule has 1 aromatic carbocycles. The highest BCUT2D eigenvalue weighted by Gasteiger charge is 2.37. The van der Waals surface area contributed by atoms with Crippen LogP contribution in [0.1, 0.15) is 48.0 Å². The molecule has 2 aliphatic rings. The van der Waals surface area contributed by atoms with Crippen molar-refractivity contribution in [2.45, 2.75) is 45.1 Å². The number of carbonyl (C=O) groups is 1. The second-order valence-electron chi connectivity index (χ2n) is 5.81. The first kappa shape index (κ1) is 13.2. The number of nitrogens with zero attached hydrogens (tertiary/aromatic N) is 1. The summed E-state index contributed by atoms with van der Waals surface area (Å²) >= 11 is 3.52. The zero-order valence-corrected chi connectivity index (χ0v) is 12.9. The van der Waals surface area contributed by atoms with Crippen LogP contribution in [0.25, 0.3) is 0 Å². The van der Waals surface area contributed by atoms with Crippen molar-refractivity contribution in [3.8, 4) is 0 Å². The Morgan fingerprint density at radius 2 is 2.05 bits per heavy atom. The lowest BCUT2D eigenvalue weighted by Gasteiger charge is -2.38. The fourth-order valence-electron chi connectivity index (χ4n) is 3.70. The van der Waals surface area contributed by atoms with E-state index < -0.39 is 0 Å². The monoisotopic (exact) mass is 321 g/mol. The molecule has 0 N–H and O–H groups in total. The number of fused-ring (bicyclic) bond motifs is 1. The molecule has 2 unspecified atom stereocenters. The second-order valence-corrected chi connectivity index (χ2v) is 6.67. The van der Waals surface area contributed by atoms with Crippen LogP contribution in [0.15, 0.2) is 22.7 Å². The van der Waals surface area contributed by atoms with Crippen molar-refractivity contribution in [1.82, 2.24) is 4.90 Å². The molecule has 0 spiro atoms. The van der Waals surface area contributed by atoms with Gasteiger partial charge in [0.1, 0.15) is 0 Å². The molecule has 1 aromatic rings. The summed E-state index contributed by atoms with van der Waals surface area (Å²) in [5.74, 6) is 0.987. The van der Waals surface area contributed by atoms with Crippen LogP contribution < -0.4 is 0 Å². The zero-order chi connectivity index (χ0) is 13.4. The van der Waals surface area contributed by atoms with Gasteiger partial charge in [-0.1, -0.05) is 28.4 Å². The molecule has 19 heavy (non-hydrogen) atoms. The number of piperidine rings is 1. The van der Waals surface area contributed by atoms with Crippen LogP contribution in [0.4, 0.5) is 0 Å². The van der Waals surface area contributed by atoms with Crippen LogP contribution in [0.2, 0.25) is 0 Å². The Bertz CT molecular complexity index is 500. The molecule has 0 bridgehead atoms. The van der Waals surface area contributed by atoms with Crippen LogP contribution in [-0.2, 0) is 0 Å². The highest BCUT2D eigenvalue weighted by molar-refractivity contribution is 9.10. The Morgan fingerprint density at radius 1 is 1.26 bits per heavy atom. The van der Waals surface area contributed by atoms with E-state index in [0.29, 0.717) is 6.04 Å². The maximum Gasteiger partial charge on any atom is 0.254 e. The maximum atomic E-state index is 12.8. The van der Waals surface area contributed by atoms with E-state index in [2.05, 4.69) is 20.8 Å².